The van der Waals surface area contributed by atoms with Crippen molar-refractivity contribution in [2.75, 3.05) is 12.8 Å². The van der Waals surface area contributed by atoms with Crippen molar-refractivity contribution in [3.63, 3.8) is 0 Å². The number of aromatic nitrogens is 3. The van der Waals surface area contributed by atoms with Gasteiger partial charge in [-0.1, -0.05) is 6.92 Å². The summed E-state index contributed by atoms with van der Waals surface area (Å²) < 4.78 is 6.36. The molecule has 0 aromatic carbocycles. The van der Waals surface area contributed by atoms with Gasteiger partial charge in [-0.2, -0.15) is 0 Å². The van der Waals surface area contributed by atoms with E-state index in [0.717, 1.165) is 11.4 Å². The summed E-state index contributed by atoms with van der Waals surface area (Å²) in [5, 5.41) is 0.942. The number of esters is 1. The summed E-state index contributed by atoms with van der Waals surface area (Å²) in [6, 6.07) is -0.0591. The fraction of sp³-hybridized carbons (Fsp3) is 0.417. The van der Waals surface area contributed by atoms with Crippen molar-refractivity contribution in [3.05, 3.63) is 28.1 Å². The van der Waals surface area contributed by atoms with Crippen LogP contribution in [0, 0.1) is 0 Å². The minimum absolute atomic E-state index is 0.0591. The van der Waals surface area contributed by atoms with Gasteiger partial charge in [0.05, 0.1) is 19.5 Å². The normalized spacial score (nSPS) is 12.4. The summed E-state index contributed by atoms with van der Waals surface area (Å²) >= 11 is 1.64. The molecule has 2 aromatic heterocycles. The first-order valence-corrected chi connectivity index (χ1v) is 6.75. The zero-order chi connectivity index (χ0) is 14.0. The summed E-state index contributed by atoms with van der Waals surface area (Å²) in [7, 11) is 1.30. The maximum Gasteiger partial charge on any atom is 0.360 e. The molecule has 2 N–H and O–H groups in total. The van der Waals surface area contributed by atoms with Crippen molar-refractivity contribution in [3.8, 4) is 0 Å². The van der Waals surface area contributed by atoms with Crippen LogP contribution in [0.5, 0.6) is 0 Å². The molecular formula is C12H16N4O2S. The van der Waals surface area contributed by atoms with E-state index in [-0.39, 0.29) is 11.7 Å². The number of carbonyl (C=O) groups is 1. The molecule has 6 nitrogen and oxygen atoms in total. The molecule has 102 valence electrons. The lowest BCUT2D eigenvalue weighted by molar-refractivity contribution is 0.0596. The number of thiazole rings is 1. The van der Waals surface area contributed by atoms with Crippen LogP contribution in [0.2, 0.25) is 0 Å². The highest BCUT2D eigenvalue weighted by Gasteiger charge is 2.21. The number of ether oxygens (including phenoxy) is 1. The summed E-state index contributed by atoms with van der Waals surface area (Å²) in [6.45, 7) is 4.06. The molecule has 2 aromatic rings. The van der Waals surface area contributed by atoms with Gasteiger partial charge >= 0.3 is 5.97 Å². The van der Waals surface area contributed by atoms with Crippen molar-refractivity contribution in [2.45, 2.75) is 26.3 Å². The summed E-state index contributed by atoms with van der Waals surface area (Å²) in [5.74, 6) is -0.232. The molecule has 0 fully saturated rings. The molecule has 0 aliphatic carbocycles. The molecular weight excluding hydrogens is 264 g/mol. The van der Waals surface area contributed by atoms with Gasteiger partial charge in [0, 0.05) is 11.1 Å². The number of imidazole rings is 1. The van der Waals surface area contributed by atoms with E-state index in [4.69, 9.17) is 5.73 Å². The molecule has 1 atom stereocenters. The first-order valence-electron chi connectivity index (χ1n) is 5.93. The van der Waals surface area contributed by atoms with Crippen LogP contribution in [-0.4, -0.2) is 27.6 Å². The van der Waals surface area contributed by atoms with E-state index < -0.39 is 5.97 Å². The van der Waals surface area contributed by atoms with Crippen LogP contribution in [0.25, 0.3) is 0 Å². The first kappa shape index (κ1) is 13.5. The van der Waals surface area contributed by atoms with Crippen LogP contribution in [0.3, 0.4) is 0 Å². The molecule has 2 heterocycles. The van der Waals surface area contributed by atoms with E-state index in [0.29, 0.717) is 5.82 Å². The standard InChI is InChI=1S/C12H16N4O2S/c1-4-8-5-14-11(19-8)7(2)16-6-15-9(10(16)13)12(17)18-3/h5-7H,4,13H2,1-3H3. The van der Waals surface area contributed by atoms with Gasteiger partial charge < -0.3 is 15.0 Å². The molecule has 7 heteroatoms. The number of nitrogens with zero attached hydrogens (tertiary/aromatic N) is 3. The van der Waals surface area contributed by atoms with Crippen LogP contribution in [0.15, 0.2) is 12.5 Å². The van der Waals surface area contributed by atoms with Gasteiger partial charge in [-0.05, 0) is 13.3 Å². The minimum Gasteiger partial charge on any atom is -0.464 e. The van der Waals surface area contributed by atoms with Crippen molar-refractivity contribution in [1.82, 2.24) is 14.5 Å². The van der Waals surface area contributed by atoms with E-state index in [2.05, 4.69) is 21.6 Å². The molecule has 0 saturated carbocycles. The topological polar surface area (TPSA) is 83.0 Å². The number of methoxy groups -OCH3 is 1. The average Bonchev–Trinajstić information content (AvgIpc) is 3.03. The molecule has 0 amide bonds. The van der Waals surface area contributed by atoms with Gasteiger partial charge in [-0.15, -0.1) is 11.3 Å². The van der Waals surface area contributed by atoms with Crippen molar-refractivity contribution in [2.24, 2.45) is 0 Å². The van der Waals surface area contributed by atoms with Crippen molar-refractivity contribution < 1.29 is 9.53 Å². The Bertz CT molecular complexity index is 590. The molecule has 1 unspecified atom stereocenters. The third kappa shape index (κ3) is 2.46. The van der Waals surface area contributed by atoms with Crippen LogP contribution >= 0.6 is 11.3 Å². The predicted molar refractivity (Wildman–Crippen MR) is 73.3 cm³/mol. The highest BCUT2D eigenvalue weighted by atomic mass is 32.1. The second kappa shape index (κ2) is 5.40. The maximum atomic E-state index is 11.5. The van der Waals surface area contributed by atoms with E-state index in [9.17, 15) is 4.79 Å². The zero-order valence-corrected chi connectivity index (χ0v) is 11.9. The summed E-state index contributed by atoms with van der Waals surface area (Å²) in [6.07, 6.45) is 4.36. The third-order valence-corrected chi connectivity index (χ3v) is 4.22. The minimum atomic E-state index is -0.531. The largest absolute Gasteiger partial charge is 0.464 e. The Morgan fingerprint density at radius 2 is 2.32 bits per heavy atom. The lowest BCUT2D eigenvalue weighted by Crippen LogP contribution is -2.11. The Morgan fingerprint density at radius 3 is 2.89 bits per heavy atom. The van der Waals surface area contributed by atoms with Crippen molar-refractivity contribution >= 4 is 23.1 Å². The SMILES string of the molecule is CCc1cnc(C(C)n2cnc(C(=O)OC)c2N)s1. The summed E-state index contributed by atoms with van der Waals surface area (Å²) in [5.41, 5.74) is 6.07. The molecule has 0 aliphatic rings. The highest BCUT2D eigenvalue weighted by molar-refractivity contribution is 7.11. The van der Waals surface area contributed by atoms with Crippen LogP contribution in [-0.2, 0) is 11.2 Å². The first-order chi connectivity index (χ1) is 9.08. The van der Waals surface area contributed by atoms with Gasteiger partial charge in [-0.25, -0.2) is 14.8 Å². The number of hydrogen-bond acceptors (Lipinski definition) is 6. The number of anilines is 1. The average molecular weight is 280 g/mol. The number of aryl methyl sites for hydroxylation is 1. The van der Waals surface area contributed by atoms with Gasteiger partial charge in [0.25, 0.3) is 0 Å². The highest BCUT2D eigenvalue weighted by Crippen LogP contribution is 2.26. The zero-order valence-electron chi connectivity index (χ0n) is 11.1. The van der Waals surface area contributed by atoms with Crippen molar-refractivity contribution in [1.29, 1.82) is 0 Å². The number of hydrogen-bond donors (Lipinski definition) is 1. The lowest BCUT2D eigenvalue weighted by Gasteiger charge is -2.12. The second-order valence-corrected chi connectivity index (χ2v) is 5.22. The number of nitrogens with two attached hydrogens (primary N) is 1. The number of carbonyl (C=O) groups excluding carboxylic acids is 1. The van der Waals surface area contributed by atoms with Gasteiger partial charge in [0.2, 0.25) is 0 Å². The summed E-state index contributed by atoms with van der Waals surface area (Å²) in [4.78, 5) is 21.1. The molecule has 0 bridgehead atoms. The Labute approximate surface area is 115 Å². The Hall–Kier alpha value is -1.89. The fourth-order valence-corrected chi connectivity index (χ4v) is 2.64. The quantitative estimate of drug-likeness (QED) is 0.865. The van der Waals surface area contributed by atoms with Crippen LogP contribution in [0.4, 0.5) is 5.82 Å². The molecule has 2 rings (SSSR count). The van der Waals surface area contributed by atoms with Gasteiger partial charge in [0.1, 0.15) is 10.8 Å². The fourth-order valence-electron chi connectivity index (χ4n) is 1.73. The number of nitrogen functional groups attached to an aromatic ring is 1. The Kier molecular flexibility index (Phi) is 3.84. The Morgan fingerprint density at radius 1 is 1.58 bits per heavy atom. The van der Waals surface area contributed by atoms with E-state index in [1.807, 2.05) is 13.1 Å². The van der Waals surface area contributed by atoms with E-state index in [1.54, 1.807) is 22.2 Å². The van der Waals surface area contributed by atoms with Crippen LogP contribution < -0.4 is 5.73 Å². The Balaban J connectivity index is 2.31. The van der Waals surface area contributed by atoms with Gasteiger partial charge in [0.15, 0.2) is 5.69 Å². The third-order valence-electron chi connectivity index (χ3n) is 2.91. The van der Waals surface area contributed by atoms with E-state index in [1.165, 1.54) is 12.0 Å². The monoisotopic (exact) mass is 280 g/mol. The van der Waals surface area contributed by atoms with Crippen LogP contribution in [0.1, 0.15) is 40.3 Å². The second-order valence-electron chi connectivity index (χ2n) is 4.07. The molecule has 0 aliphatic heterocycles. The molecule has 19 heavy (non-hydrogen) atoms. The smallest absolute Gasteiger partial charge is 0.360 e. The maximum absolute atomic E-state index is 11.5. The predicted octanol–water partition coefficient (Wildman–Crippen LogP) is 1.88. The molecule has 0 saturated heterocycles. The number of rotatable bonds is 4. The van der Waals surface area contributed by atoms with Gasteiger partial charge in [-0.3, -0.25) is 0 Å². The van der Waals surface area contributed by atoms with E-state index >= 15 is 0 Å². The molecule has 0 spiro atoms. The lowest BCUT2D eigenvalue weighted by atomic mass is 10.3. The molecule has 0 radical (unpaired) electrons.